The van der Waals surface area contributed by atoms with Crippen LogP contribution in [-0.4, -0.2) is 50.4 Å². The van der Waals surface area contributed by atoms with E-state index in [4.69, 9.17) is 0 Å². The molecule has 0 spiro atoms. The molecule has 0 aliphatic carbocycles. The molecule has 3 aliphatic heterocycles. The van der Waals surface area contributed by atoms with Gasteiger partial charge in [-0.15, -0.1) is 23.7 Å². The van der Waals surface area contributed by atoms with Gasteiger partial charge in [-0.1, -0.05) is 6.07 Å². The second-order valence-corrected chi connectivity index (χ2v) is 10.8. The Labute approximate surface area is 171 Å². The number of halogens is 1. The molecule has 0 saturated carbocycles. The minimum Gasteiger partial charge on any atom is -0.343 e. The Morgan fingerprint density at radius 2 is 1.85 bits per heavy atom. The first-order valence-electron chi connectivity index (χ1n) is 9.59. The molecule has 2 atom stereocenters. The molecule has 2 bridgehead atoms. The van der Waals surface area contributed by atoms with Gasteiger partial charge in [0.05, 0.1) is 0 Å². The highest BCUT2D eigenvalue weighted by atomic mass is 35.5. The topological polar surface area (TPSA) is 78.5 Å². The molecule has 4 heterocycles. The fourth-order valence-electron chi connectivity index (χ4n) is 4.66. The Bertz CT molecular complexity index is 721. The summed E-state index contributed by atoms with van der Waals surface area (Å²) in [7, 11) is -3.42. The summed E-state index contributed by atoms with van der Waals surface area (Å²) in [6.45, 7) is 1.29. The van der Waals surface area contributed by atoms with Crippen molar-refractivity contribution >= 4 is 39.7 Å². The van der Waals surface area contributed by atoms with E-state index in [0.717, 1.165) is 12.8 Å². The largest absolute Gasteiger partial charge is 0.343 e. The molecule has 1 amide bonds. The Balaban J connectivity index is 0.00000210. The van der Waals surface area contributed by atoms with E-state index in [1.54, 1.807) is 17.5 Å². The maximum atomic E-state index is 12.6. The van der Waals surface area contributed by atoms with E-state index < -0.39 is 10.0 Å². The van der Waals surface area contributed by atoms with Crippen LogP contribution in [-0.2, 0) is 14.8 Å². The minimum atomic E-state index is -3.42. The standard InChI is InChI=1S/C18H27N3O3S2.ClH/c22-17(12-13-10-15-3-4-16(11-13)19-15)21-7-5-14(6-8-21)20-26(23,24)18-2-1-9-25-18;/h1-2,9,13-16,19-20H,3-8,10-12H2;1H. The van der Waals surface area contributed by atoms with Crippen LogP contribution in [0.2, 0.25) is 0 Å². The molecule has 0 aromatic carbocycles. The van der Waals surface area contributed by atoms with Gasteiger partial charge in [0.1, 0.15) is 4.21 Å². The van der Waals surface area contributed by atoms with Gasteiger partial charge in [0, 0.05) is 37.6 Å². The van der Waals surface area contributed by atoms with Crippen LogP contribution in [0.1, 0.15) is 44.9 Å². The van der Waals surface area contributed by atoms with Crippen molar-refractivity contribution in [3.05, 3.63) is 17.5 Å². The zero-order chi connectivity index (χ0) is 18.1. The summed E-state index contributed by atoms with van der Waals surface area (Å²) in [6, 6.07) is 4.51. The van der Waals surface area contributed by atoms with Gasteiger partial charge in [-0.2, -0.15) is 0 Å². The molecular weight excluding hydrogens is 406 g/mol. The molecule has 1 aromatic rings. The molecule has 3 aliphatic rings. The van der Waals surface area contributed by atoms with Gasteiger partial charge in [-0.05, 0) is 55.9 Å². The Hall–Kier alpha value is -0.670. The lowest BCUT2D eigenvalue weighted by atomic mass is 9.89. The number of thiophene rings is 1. The molecular formula is C18H28ClN3O3S2. The third-order valence-corrected chi connectivity index (χ3v) is 8.88. The summed E-state index contributed by atoms with van der Waals surface area (Å²) < 4.78 is 27.8. The first-order chi connectivity index (χ1) is 12.5. The van der Waals surface area contributed by atoms with Crippen molar-refractivity contribution in [1.82, 2.24) is 14.9 Å². The third-order valence-electron chi connectivity index (χ3n) is 5.96. The predicted molar refractivity (Wildman–Crippen MR) is 109 cm³/mol. The average molecular weight is 434 g/mol. The van der Waals surface area contributed by atoms with E-state index in [1.807, 2.05) is 4.90 Å². The van der Waals surface area contributed by atoms with Gasteiger partial charge in [0.15, 0.2) is 0 Å². The number of carbonyl (C=O) groups excluding carboxylic acids is 1. The number of rotatable bonds is 5. The Morgan fingerprint density at radius 3 is 2.44 bits per heavy atom. The van der Waals surface area contributed by atoms with Crippen LogP contribution in [0.3, 0.4) is 0 Å². The summed E-state index contributed by atoms with van der Waals surface area (Å²) in [5.41, 5.74) is 0. The van der Waals surface area contributed by atoms with Crippen molar-refractivity contribution < 1.29 is 13.2 Å². The van der Waals surface area contributed by atoms with Crippen LogP contribution in [0, 0.1) is 5.92 Å². The number of nitrogens with one attached hydrogen (secondary N) is 2. The van der Waals surface area contributed by atoms with E-state index in [-0.39, 0.29) is 24.4 Å². The summed E-state index contributed by atoms with van der Waals surface area (Å²) >= 11 is 1.23. The first kappa shape index (κ1) is 21.0. The lowest BCUT2D eigenvalue weighted by Crippen LogP contribution is -2.47. The van der Waals surface area contributed by atoms with Gasteiger partial charge < -0.3 is 10.2 Å². The number of piperidine rings is 2. The molecule has 0 radical (unpaired) electrons. The molecule has 1 aromatic heterocycles. The second-order valence-electron chi connectivity index (χ2n) is 7.89. The molecule has 152 valence electrons. The van der Waals surface area contributed by atoms with Crippen molar-refractivity contribution in [2.45, 2.75) is 67.3 Å². The molecule has 2 N–H and O–H groups in total. The third kappa shape index (κ3) is 5.03. The van der Waals surface area contributed by atoms with Crippen molar-refractivity contribution in [2.75, 3.05) is 13.1 Å². The number of nitrogens with zero attached hydrogens (tertiary/aromatic N) is 1. The molecule has 27 heavy (non-hydrogen) atoms. The molecule has 3 fully saturated rings. The van der Waals surface area contributed by atoms with E-state index in [1.165, 1.54) is 24.2 Å². The number of hydrogen-bond donors (Lipinski definition) is 2. The van der Waals surface area contributed by atoms with Crippen LogP contribution >= 0.6 is 23.7 Å². The number of hydrogen-bond acceptors (Lipinski definition) is 5. The summed E-state index contributed by atoms with van der Waals surface area (Å²) in [5.74, 6) is 0.757. The summed E-state index contributed by atoms with van der Waals surface area (Å²) in [5, 5.41) is 5.39. The van der Waals surface area contributed by atoms with E-state index in [9.17, 15) is 13.2 Å². The minimum absolute atomic E-state index is 0. The molecule has 6 nitrogen and oxygen atoms in total. The predicted octanol–water partition coefficient (Wildman–Crippen LogP) is 2.36. The maximum absolute atomic E-state index is 12.6. The lowest BCUT2D eigenvalue weighted by molar-refractivity contribution is -0.133. The van der Waals surface area contributed by atoms with Gasteiger partial charge >= 0.3 is 0 Å². The van der Waals surface area contributed by atoms with Crippen LogP contribution in [0.5, 0.6) is 0 Å². The highest BCUT2D eigenvalue weighted by Crippen LogP contribution is 2.33. The average Bonchev–Trinajstić information content (AvgIpc) is 3.26. The van der Waals surface area contributed by atoms with E-state index in [2.05, 4.69) is 10.0 Å². The number of fused-ring (bicyclic) bond motifs is 2. The summed E-state index contributed by atoms with van der Waals surface area (Å²) in [6.07, 6.45) is 6.79. The van der Waals surface area contributed by atoms with Gasteiger partial charge in [0.25, 0.3) is 0 Å². The van der Waals surface area contributed by atoms with Gasteiger partial charge in [0.2, 0.25) is 15.9 Å². The van der Waals surface area contributed by atoms with Crippen molar-refractivity contribution in [3.63, 3.8) is 0 Å². The van der Waals surface area contributed by atoms with Gasteiger partial charge in [-0.25, -0.2) is 13.1 Å². The van der Waals surface area contributed by atoms with Gasteiger partial charge in [-0.3, -0.25) is 4.79 Å². The van der Waals surface area contributed by atoms with E-state index in [0.29, 0.717) is 54.6 Å². The highest BCUT2D eigenvalue weighted by molar-refractivity contribution is 7.91. The zero-order valence-corrected chi connectivity index (χ0v) is 17.8. The van der Waals surface area contributed by atoms with Crippen LogP contribution in [0.25, 0.3) is 0 Å². The van der Waals surface area contributed by atoms with Crippen molar-refractivity contribution in [1.29, 1.82) is 0 Å². The summed E-state index contributed by atoms with van der Waals surface area (Å²) in [4.78, 5) is 14.6. The number of sulfonamides is 1. The Morgan fingerprint density at radius 1 is 1.19 bits per heavy atom. The van der Waals surface area contributed by atoms with E-state index >= 15 is 0 Å². The number of amides is 1. The maximum Gasteiger partial charge on any atom is 0.250 e. The quantitative estimate of drug-likeness (QED) is 0.747. The number of carbonyl (C=O) groups is 1. The normalized spacial score (nSPS) is 28.7. The SMILES string of the molecule is Cl.O=C(CC1CC2CCC(C1)N2)N1CCC(NS(=O)(=O)c2cccs2)CC1. The fraction of sp³-hybridized carbons (Fsp3) is 0.722. The molecule has 9 heteroatoms. The molecule has 4 rings (SSSR count). The number of likely N-dealkylation sites (tertiary alicyclic amines) is 1. The first-order valence-corrected chi connectivity index (χ1v) is 12.0. The Kier molecular flexibility index (Phi) is 6.84. The zero-order valence-electron chi connectivity index (χ0n) is 15.3. The monoisotopic (exact) mass is 433 g/mol. The molecule has 2 unspecified atom stereocenters. The molecule has 3 saturated heterocycles. The van der Waals surface area contributed by atoms with Crippen LogP contribution in [0.15, 0.2) is 21.7 Å². The van der Waals surface area contributed by atoms with Crippen LogP contribution in [0.4, 0.5) is 0 Å². The van der Waals surface area contributed by atoms with Crippen LogP contribution < -0.4 is 10.0 Å². The smallest absolute Gasteiger partial charge is 0.250 e. The van der Waals surface area contributed by atoms with Crippen molar-refractivity contribution in [2.24, 2.45) is 5.92 Å². The fourth-order valence-corrected chi connectivity index (χ4v) is 6.97. The lowest BCUT2D eigenvalue weighted by Gasteiger charge is -2.34. The van der Waals surface area contributed by atoms with Crippen molar-refractivity contribution in [3.8, 4) is 0 Å². The highest BCUT2D eigenvalue weighted by Gasteiger charge is 2.35. The second kappa shape index (κ2) is 8.78.